The van der Waals surface area contributed by atoms with Crippen molar-refractivity contribution in [2.24, 2.45) is 0 Å². The summed E-state index contributed by atoms with van der Waals surface area (Å²) in [6.45, 7) is 3.33. The fourth-order valence-electron chi connectivity index (χ4n) is 2.56. The van der Waals surface area contributed by atoms with E-state index in [1.807, 2.05) is 0 Å². The van der Waals surface area contributed by atoms with Crippen LogP contribution in [0.3, 0.4) is 0 Å². The number of aliphatic hydroxyl groups excluding tert-OH is 3. The van der Waals surface area contributed by atoms with Gasteiger partial charge in [-0.2, -0.15) is 0 Å². The second kappa shape index (κ2) is 6.88. The van der Waals surface area contributed by atoms with Crippen LogP contribution in [0.15, 0.2) is 34.7 Å². The van der Waals surface area contributed by atoms with Crippen molar-refractivity contribution in [2.75, 3.05) is 12.4 Å². The molecule has 3 N–H and O–H groups in total. The molecule has 1 aliphatic rings. The molecule has 1 saturated heterocycles. The number of aliphatic hydroxyl groups is 3. The molecule has 3 heterocycles. The predicted molar refractivity (Wildman–Crippen MR) is 89.2 cm³/mol. The topological polar surface area (TPSA) is 101 Å². The third kappa shape index (κ3) is 2.92. The van der Waals surface area contributed by atoms with Gasteiger partial charge in [0.2, 0.25) is 0 Å². The number of ether oxygens (including phenoxy) is 1. The van der Waals surface area contributed by atoms with Gasteiger partial charge in [-0.1, -0.05) is 6.08 Å². The molecule has 9 heteroatoms. The van der Waals surface area contributed by atoms with Gasteiger partial charge in [-0.15, -0.1) is 18.3 Å². The Morgan fingerprint density at radius 3 is 2.83 bits per heavy atom. The molecule has 0 radical (unpaired) electrons. The molecule has 0 spiro atoms. The van der Waals surface area contributed by atoms with Gasteiger partial charge in [0.1, 0.15) is 35.3 Å². The second-order valence-electron chi connectivity index (χ2n) is 5.09. The molecular weight excluding hydrogens is 386 g/mol. The van der Waals surface area contributed by atoms with Crippen LogP contribution in [0.25, 0.3) is 11.0 Å². The number of rotatable bonds is 5. The maximum atomic E-state index is 10.2. The van der Waals surface area contributed by atoms with Gasteiger partial charge in [-0.05, 0) is 15.9 Å². The molecule has 124 valence electrons. The first kappa shape index (κ1) is 16.9. The normalized spacial score (nSPS) is 27.7. The summed E-state index contributed by atoms with van der Waals surface area (Å²) < 4.78 is 7.98. The Bertz CT molecular complexity index is 725. The van der Waals surface area contributed by atoms with Crippen LogP contribution in [0.1, 0.15) is 6.23 Å². The summed E-state index contributed by atoms with van der Waals surface area (Å²) >= 11 is 5.01. The highest BCUT2D eigenvalue weighted by molar-refractivity contribution is 9.10. The number of nitrogens with zero attached hydrogens (tertiary/aromatic N) is 3. The maximum Gasteiger partial charge on any atom is 0.164 e. The predicted octanol–water partition coefficient (Wildman–Crippen LogP) is 1.08. The molecule has 0 aromatic carbocycles. The number of hydrogen-bond donors (Lipinski definition) is 3. The largest absolute Gasteiger partial charge is 0.394 e. The average Bonchev–Trinajstić information content (AvgIpc) is 3.04. The SMILES string of the molecule is C=CCSc1ncnc2c1c(Br)cn2[C@@H]1O[C@@H](CO)[C@@H](O)[C@H]1O. The van der Waals surface area contributed by atoms with Gasteiger partial charge < -0.3 is 24.6 Å². The lowest BCUT2D eigenvalue weighted by atomic mass is 10.1. The van der Waals surface area contributed by atoms with E-state index in [4.69, 9.17) is 4.74 Å². The smallest absolute Gasteiger partial charge is 0.164 e. The summed E-state index contributed by atoms with van der Waals surface area (Å²) in [7, 11) is 0. The van der Waals surface area contributed by atoms with E-state index in [-0.39, 0.29) is 6.61 Å². The first-order valence-electron chi connectivity index (χ1n) is 6.95. The van der Waals surface area contributed by atoms with Crippen LogP contribution in [0, 0.1) is 0 Å². The van der Waals surface area contributed by atoms with Crippen LogP contribution in [-0.4, -0.2) is 60.5 Å². The fraction of sp³-hybridized carbons (Fsp3) is 0.429. The molecule has 23 heavy (non-hydrogen) atoms. The Balaban J connectivity index is 2.04. The summed E-state index contributed by atoms with van der Waals surface area (Å²) in [5, 5.41) is 31.0. The van der Waals surface area contributed by atoms with E-state index in [1.54, 1.807) is 16.8 Å². The molecule has 0 unspecified atom stereocenters. The third-order valence-electron chi connectivity index (χ3n) is 3.66. The van der Waals surface area contributed by atoms with Crippen LogP contribution in [0.2, 0.25) is 0 Å². The summed E-state index contributed by atoms with van der Waals surface area (Å²) in [4.78, 5) is 8.55. The Morgan fingerprint density at radius 1 is 1.39 bits per heavy atom. The van der Waals surface area contributed by atoms with Gasteiger partial charge in [0.25, 0.3) is 0 Å². The lowest BCUT2D eigenvalue weighted by Crippen LogP contribution is -2.33. The molecule has 0 amide bonds. The highest BCUT2D eigenvalue weighted by Crippen LogP contribution is 2.37. The Morgan fingerprint density at radius 2 is 2.17 bits per heavy atom. The first-order chi connectivity index (χ1) is 11.1. The summed E-state index contributed by atoms with van der Waals surface area (Å²) in [5.74, 6) is 0.706. The average molecular weight is 402 g/mol. The standard InChI is InChI=1S/C14H16BrN3O4S/c1-2-3-23-13-9-7(15)4-18(12(9)16-6-17-13)14-11(21)10(20)8(5-19)22-14/h2,4,6,8,10-11,14,19-21H,1,3,5H2/t8-,10+,11+,14+/m0/s1. The Kier molecular flexibility index (Phi) is 5.04. The van der Waals surface area contributed by atoms with Crippen molar-refractivity contribution in [3.63, 3.8) is 0 Å². The zero-order chi connectivity index (χ0) is 16.6. The zero-order valence-corrected chi connectivity index (χ0v) is 14.4. The highest BCUT2D eigenvalue weighted by atomic mass is 79.9. The van der Waals surface area contributed by atoms with Crippen LogP contribution >= 0.6 is 27.7 Å². The van der Waals surface area contributed by atoms with Gasteiger partial charge >= 0.3 is 0 Å². The minimum absolute atomic E-state index is 0.371. The van der Waals surface area contributed by atoms with Crippen LogP contribution in [0.4, 0.5) is 0 Å². The van der Waals surface area contributed by atoms with E-state index in [2.05, 4.69) is 32.5 Å². The molecule has 3 rings (SSSR count). The van der Waals surface area contributed by atoms with E-state index < -0.39 is 24.5 Å². The Labute approximate surface area is 145 Å². The second-order valence-corrected chi connectivity index (χ2v) is 6.95. The summed E-state index contributed by atoms with van der Waals surface area (Å²) in [5.41, 5.74) is 0.577. The van der Waals surface area contributed by atoms with Crippen molar-refractivity contribution >= 4 is 38.7 Å². The molecule has 7 nitrogen and oxygen atoms in total. The molecule has 1 aliphatic heterocycles. The van der Waals surface area contributed by atoms with Gasteiger partial charge in [0.15, 0.2) is 6.23 Å². The van der Waals surface area contributed by atoms with Crippen molar-refractivity contribution < 1.29 is 20.1 Å². The summed E-state index contributed by atoms with van der Waals surface area (Å²) in [6.07, 6.45) is 0.989. The molecular formula is C14H16BrN3O4S. The molecule has 2 aromatic rings. The minimum Gasteiger partial charge on any atom is -0.394 e. The van der Waals surface area contributed by atoms with Crippen LogP contribution < -0.4 is 0 Å². The Hall–Kier alpha value is -0.970. The van der Waals surface area contributed by atoms with Crippen molar-refractivity contribution in [3.05, 3.63) is 29.7 Å². The van der Waals surface area contributed by atoms with Crippen molar-refractivity contribution in [1.29, 1.82) is 0 Å². The molecule has 4 atom stereocenters. The molecule has 2 aromatic heterocycles. The quantitative estimate of drug-likeness (QED) is 0.391. The van der Waals surface area contributed by atoms with Crippen LogP contribution in [0.5, 0.6) is 0 Å². The van der Waals surface area contributed by atoms with E-state index in [1.165, 1.54) is 18.1 Å². The van der Waals surface area contributed by atoms with Crippen molar-refractivity contribution in [1.82, 2.24) is 14.5 Å². The molecule has 1 fully saturated rings. The zero-order valence-electron chi connectivity index (χ0n) is 12.0. The molecule has 0 bridgehead atoms. The lowest BCUT2D eigenvalue weighted by Gasteiger charge is -2.17. The fourth-order valence-corrected chi connectivity index (χ4v) is 4.02. The van der Waals surface area contributed by atoms with Gasteiger partial charge in [-0.25, -0.2) is 9.97 Å². The summed E-state index contributed by atoms with van der Waals surface area (Å²) in [6, 6.07) is 0. The van der Waals surface area contributed by atoms with Crippen molar-refractivity contribution in [2.45, 2.75) is 29.6 Å². The lowest BCUT2D eigenvalue weighted by molar-refractivity contribution is -0.0509. The van der Waals surface area contributed by atoms with Crippen LogP contribution in [-0.2, 0) is 4.74 Å². The monoisotopic (exact) mass is 401 g/mol. The number of thioether (sulfide) groups is 1. The third-order valence-corrected chi connectivity index (χ3v) is 5.24. The number of halogens is 1. The minimum atomic E-state index is -1.16. The highest BCUT2D eigenvalue weighted by Gasteiger charge is 2.44. The van der Waals surface area contributed by atoms with E-state index in [0.717, 1.165) is 14.9 Å². The van der Waals surface area contributed by atoms with E-state index >= 15 is 0 Å². The molecule has 0 aliphatic carbocycles. The number of aromatic nitrogens is 3. The molecule has 0 saturated carbocycles. The van der Waals surface area contributed by atoms with E-state index in [0.29, 0.717) is 11.4 Å². The van der Waals surface area contributed by atoms with Gasteiger partial charge in [0, 0.05) is 16.4 Å². The van der Waals surface area contributed by atoms with Gasteiger partial charge in [0.05, 0.1) is 12.0 Å². The number of fused-ring (bicyclic) bond motifs is 1. The first-order valence-corrected chi connectivity index (χ1v) is 8.73. The number of hydrogen-bond acceptors (Lipinski definition) is 7. The maximum absolute atomic E-state index is 10.2. The van der Waals surface area contributed by atoms with Crippen molar-refractivity contribution in [3.8, 4) is 0 Å². The van der Waals surface area contributed by atoms with E-state index in [9.17, 15) is 15.3 Å². The van der Waals surface area contributed by atoms with Gasteiger partial charge in [-0.3, -0.25) is 0 Å².